The Morgan fingerprint density at radius 1 is 1.57 bits per heavy atom. The largest absolute Gasteiger partial charge is 0.251 e. The monoisotopic (exact) mass is 234 g/mol. The van der Waals surface area contributed by atoms with E-state index in [1.54, 1.807) is 6.92 Å². The van der Waals surface area contributed by atoms with Crippen LogP contribution in [0.15, 0.2) is 10.4 Å². The molecule has 0 aliphatic rings. The Balaban J connectivity index is 2.76. The molecule has 1 aromatic rings. The summed E-state index contributed by atoms with van der Waals surface area (Å²) in [6, 6.07) is 0. The number of nitrogens with one attached hydrogen (secondary N) is 1. The lowest BCUT2D eigenvalue weighted by molar-refractivity contribution is 0.562. The van der Waals surface area contributed by atoms with Crippen LogP contribution in [0.5, 0.6) is 0 Å². The highest BCUT2D eigenvalue weighted by atomic mass is 32.2. The SMILES string of the molecule is Cc1ncc(S(=O)(=O)NCC(C)C)s1. The maximum Gasteiger partial charge on any atom is 0.251 e. The minimum Gasteiger partial charge on any atom is -0.249 e. The first-order chi connectivity index (χ1) is 6.42. The normalized spacial score (nSPS) is 12.3. The van der Waals surface area contributed by atoms with E-state index in [0.717, 1.165) is 5.01 Å². The lowest BCUT2D eigenvalue weighted by atomic mass is 10.2. The fourth-order valence-electron chi connectivity index (χ4n) is 0.814. The van der Waals surface area contributed by atoms with Crippen LogP contribution in [0.3, 0.4) is 0 Å². The molecule has 0 saturated heterocycles. The van der Waals surface area contributed by atoms with Crippen molar-refractivity contribution in [3.05, 3.63) is 11.2 Å². The Morgan fingerprint density at radius 3 is 2.64 bits per heavy atom. The summed E-state index contributed by atoms with van der Waals surface area (Å²) in [5, 5.41) is 0.759. The molecule has 0 aromatic carbocycles. The highest BCUT2D eigenvalue weighted by Crippen LogP contribution is 2.17. The molecule has 0 saturated carbocycles. The van der Waals surface area contributed by atoms with Gasteiger partial charge in [0.1, 0.15) is 0 Å². The van der Waals surface area contributed by atoms with Crippen LogP contribution >= 0.6 is 11.3 Å². The topological polar surface area (TPSA) is 59.1 Å². The molecular formula is C8H14N2O2S2. The number of thiazole rings is 1. The van der Waals surface area contributed by atoms with Crippen LogP contribution in [-0.4, -0.2) is 19.9 Å². The average molecular weight is 234 g/mol. The third kappa shape index (κ3) is 3.04. The van der Waals surface area contributed by atoms with Gasteiger partial charge in [-0.1, -0.05) is 13.8 Å². The number of hydrogen-bond acceptors (Lipinski definition) is 4. The van der Waals surface area contributed by atoms with Gasteiger partial charge in [-0.15, -0.1) is 11.3 Å². The Bertz CT molecular complexity index is 395. The maximum atomic E-state index is 11.6. The zero-order chi connectivity index (χ0) is 10.8. The predicted molar refractivity (Wildman–Crippen MR) is 56.9 cm³/mol. The van der Waals surface area contributed by atoms with Gasteiger partial charge in [0.15, 0.2) is 4.21 Å². The summed E-state index contributed by atoms with van der Waals surface area (Å²) in [4.78, 5) is 3.91. The third-order valence-electron chi connectivity index (χ3n) is 1.55. The summed E-state index contributed by atoms with van der Waals surface area (Å²) in [6.07, 6.45) is 1.39. The lowest BCUT2D eigenvalue weighted by Crippen LogP contribution is -2.26. The highest BCUT2D eigenvalue weighted by Gasteiger charge is 2.16. The van der Waals surface area contributed by atoms with E-state index in [1.807, 2.05) is 13.8 Å². The Hall–Kier alpha value is -0.460. The van der Waals surface area contributed by atoms with Crippen molar-refractivity contribution in [1.29, 1.82) is 0 Å². The van der Waals surface area contributed by atoms with Gasteiger partial charge in [-0.25, -0.2) is 18.1 Å². The van der Waals surface area contributed by atoms with Crippen molar-refractivity contribution in [3.63, 3.8) is 0 Å². The van der Waals surface area contributed by atoms with E-state index in [2.05, 4.69) is 9.71 Å². The van der Waals surface area contributed by atoms with Crippen molar-refractivity contribution < 1.29 is 8.42 Å². The van der Waals surface area contributed by atoms with Crippen LogP contribution < -0.4 is 4.72 Å². The third-order valence-corrected chi connectivity index (χ3v) is 4.34. The van der Waals surface area contributed by atoms with E-state index in [1.165, 1.54) is 17.5 Å². The minimum atomic E-state index is -3.33. The van der Waals surface area contributed by atoms with Crippen molar-refractivity contribution in [1.82, 2.24) is 9.71 Å². The van der Waals surface area contributed by atoms with Crippen molar-refractivity contribution in [2.45, 2.75) is 25.0 Å². The first-order valence-electron chi connectivity index (χ1n) is 4.34. The van der Waals surface area contributed by atoms with Gasteiger partial charge in [0.25, 0.3) is 10.0 Å². The number of aromatic nitrogens is 1. The van der Waals surface area contributed by atoms with E-state index in [9.17, 15) is 8.42 Å². The molecule has 1 heterocycles. The van der Waals surface area contributed by atoms with Crippen LogP contribution in [0.1, 0.15) is 18.9 Å². The first-order valence-corrected chi connectivity index (χ1v) is 6.64. The van der Waals surface area contributed by atoms with E-state index >= 15 is 0 Å². The smallest absolute Gasteiger partial charge is 0.249 e. The van der Waals surface area contributed by atoms with Gasteiger partial charge >= 0.3 is 0 Å². The van der Waals surface area contributed by atoms with Crippen LogP contribution in [0.2, 0.25) is 0 Å². The van der Waals surface area contributed by atoms with E-state index < -0.39 is 10.0 Å². The fraction of sp³-hybridized carbons (Fsp3) is 0.625. The molecule has 1 aromatic heterocycles. The van der Waals surface area contributed by atoms with Crippen LogP contribution in [0.4, 0.5) is 0 Å². The van der Waals surface area contributed by atoms with Gasteiger partial charge in [-0.2, -0.15) is 0 Å². The maximum absolute atomic E-state index is 11.6. The molecule has 0 spiro atoms. The van der Waals surface area contributed by atoms with Gasteiger partial charge < -0.3 is 0 Å². The Morgan fingerprint density at radius 2 is 2.21 bits per heavy atom. The van der Waals surface area contributed by atoms with Crippen LogP contribution in [-0.2, 0) is 10.0 Å². The van der Waals surface area contributed by atoms with Crippen molar-refractivity contribution in [3.8, 4) is 0 Å². The quantitative estimate of drug-likeness (QED) is 0.856. The molecule has 1 rings (SSSR count). The van der Waals surface area contributed by atoms with Crippen LogP contribution in [0.25, 0.3) is 0 Å². The van der Waals surface area contributed by atoms with Gasteiger partial charge in [0, 0.05) is 6.54 Å². The second-order valence-corrected chi connectivity index (χ2v) is 6.67. The number of nitrogens with zero attached hydrogens (tertiary/aromatic N) is 1. The molecule has 0 bridgehead atoms. The molecule has 0 unspecified atom stereocenters. The van der Waals surface area contributed by atoms with Crippen molar-refractivity contribution >= 4 is 21.4 Å². The van der Waals surface area contributed by atoms with Crippen molar-refractivity contribution in [2.24, 2.45) is 5.92 Å². The number of sulfonamides is 1. The van der Waals surface area contributed by atoms with Gasteiger partial charge in [-0.05, 0) is 12.8 Å². The standard InChI is InChI=1S/C8H14N2O2S2/c1-6(2)4-10-14(11,12)8-5-9-7(3)13-8/h5-6,10H,4H2,1-3H3. The van der Waals surface area contributed by atoms with Gasteiger partial charge in [0.05, 0.1) is 11.2 Å². The molecule has 0 atom stereocenters. The summed E-state index contributed by atoms with van der Waals surface area (Å²) < 4.78 is 26.0. The molecule has 0 aliphatic carbocycles. The van der Waals surface area contributed by atoms with E-state index in [-0.39, 0.29) is 4.21 Å². The number of rotatable bonds is 4. The molecule has 1 N–H and O–H groups in total. The lowest BCUT2D eigenvalue weighted by Gasteiger charge is -2.05. The molecule has 4 nitrogen and oxygen atoms in total. The summed E-state index contributed by atoms with van der Waals surface area (Å²) in [7, 11) is -3.33. The van der Waals surface area contributed by atoms with Gasteiger partial charge in [-0.3, -0.25) is 0 Å². The molecule has 0 aliphatic heterocycles. The summed E-state index contributed by atoms with van der Waals surface area (Å²) >= 11 is 1.18. The predicted octanol–water partition coefficient (Wildman–Crippen LogP) is 1.39. The first kappa shape index (κ1) is 11.6. The fourth-order valence-corrected chi connectivity index (χ4v) is 3.18. The summed E-state index contributed by atoms with van der Waals surface area (Å²) in [5.41, 5.74) is 0. The molecule has 80 valence electrons. The molecule has 0 radical (unpaired) electrons. The van der Waals surface area contributed by atoms with E-state index in [0.29, 0.717) is 12.5 Å². The molecular weight excluding hydrogens is 220 g/mol. The van der Waals surface area contributed by atoms with Crippen LogP contribution in [0, 0.1) is 12.8 Å². The van der Waals surface area contributed by atoms with Gasteiger partial charge in [0.2, 0.25) is 0 Å². The molecule has 0 fully saturated rings. The molecule has 6 heteroatoms. The Kier molecular flexibility index (Phi) is 3.63. The number of aryl methyl sites for hydroxylation is 1. The van der Waals surface area contributed by atoms with Crippen molar-refractivity contribution in [2.75, 3.05) is 6.54 Å². The zero-order valence-electron chi connectivity index (χ0n) is 8.44. The second kappa shape index (κ2) is 4.37. The summed E-state index contributed by atoms with van der Waals surface area (Å²) in [6.45, 7) is 6.16. The zero-order valence-corrected chi connectivity index (χ0v) is 10.1. The number of hydrogen-bond donors (Lipinski definition) is 1. The molecule has 14 heavy (non-hydrogen) atoms. The highest BCUT2D eigenvalue weighted by molar-refractivity contribution is 7.91. The Labute approximate surface area is 88.4 Å². The molecule has 0 amide bonds. The summed E-state index contributed by atoms with van der Waals surface area (Å²) in [5.74, 6) is 0.304. The average Bonchev–Trinajstić information content (AvgIpc) is 2.49. The minimum absolute atomic E-state index is 0.288. The van der Waals surface area contributed by atoms with E-state index in [4.69, 9.17) is 0 Å². The second-order valence-electron chi connectivity index (χ2n) is 3.44.